The quantitative estimate of drug-likeness (QED) is 0.767. The van der Waals surface area contributed by atoms with Gasteiger partial charge in [0, 0.05) is 32.8 Å². The third-order valence-electron chi connectivity index (χ3n) is 4.61. The normalized spacial score (nSPS) is 27.3. The Morgan fingerprint density at radius 1 is 1.43 bits per heavy atom. The van der Waals surface area contributed by atoms with E-state index in [-0.39, 0.29) is 23.7 Å². The number of rotatable bonds is 6. The van der Waals surface area contributed by atoms with E-state index >= 15 is 0 Å². The van der Waals surface area contributed by atoms with E-state index in [0.29, 0.717) is 12.6 Å². The molecule has 0 saturated carbocycles. The van der Waals surface area contributed by atoms with E-state index in [1.54, 1.807) is 7.11 Å². The van der Waals surface area contributed by atoms with Gasteiger partial charge in [-0.1, -0.05) is 6.92 Å². The highest BCUT2D eigenvalue weighted by atomic mass is 35.5. The molecule has 1 atom stereocenters. The lowest BCUT2D eigenvalue weighted by atomic mass is 9.86. The van der Waals surface area contributed by atoms with Crippen molar-refractivity contribution in [3.05, 3.63) is 0 Å². The number of nitrogens with zero attached hydrogens (tertiary/aromatic N) is 1. The van der Waals surface area contributed by atoms with Crippen molar-refractivity contribution >= 4 is 18.3 Å². The minimum absolute atomic E-state index is 0. The van der Waals surface area contributed by atoms with Gasteiger partial charge in [-0.05, 0) is 38.8 Å². The Hall–Kier alpha value is -0.360. The summed E-state index contributed by atoms with van der Waals surface area (Å²) < 4.78 is 5.28. The molecule has 2 saturated heterocycles. The fourth-order valence-electron chi connectivity index (χ4n) is 3.36. The van der Waals surface area contributed by atoms with E-state index in [9.17, 15) is 4.79 Å². The molecule has 2 heterocycles. The number of likely N-dealkylation sites (tertiary alicyclic amines) is 1. The van der Waals surface area contributed by atoms with Gasteiger partial charge in [-0.15, -0.1) is 12.4 Å². The van der Waals surface area contributed by atoms with Crippen LogP contribution in [-0.4, -0.2) is 63.3 Å². The summed E-state index contributed by atoms with van der Waals surface area (Å²) >= 11 is 0. The Labute approximate surface area is 134 Å². The number of hydrogen-bond donors (Lipinski definition) is 2. The van der Waals surface area contributed by atoms with Gasteiger partial charge in [0.1, 0.15) is 0 Å². The molecule has 0 aromatic rings. The summed E-state index contributed by atoms with van der Waals surface area (Å²) in [6, 6.07) is 0.338. The van der Waals surface area contributed by atoms with Crippen LogP contribution in [0.25, 0.3) is 0 Å². The van der Waals surface area contributed by atoms with E-state index in [2.05, 4.69) is 22.5 Å². The summed E-state index contributed by atoms with van der Waals surface area (Å²) in [5.41, 5.74) is -0.352. The zero-order chi connectivity index (χ0) is 14.4. The Bertz CT molecular complexity index is 314. The van der Waals surface area contributed by atoms with Gasteiger partial charge in [0.05, 0.1) is 12.0 Å². The van der Waals surface area contributed by atoms with Crippen LogP contribution in [0.15, 0.2) is 0 Å². The molecule has 2 rings (SSSR count). The van der Waals surface area contributed by atoms with Crippen molar-refractivity contribution in [3.8, 4) is 0 Å². The highest BCUT2D eigenvalue weighted by Crippen LogP contribution is 2.27. The van der Waals surface area contributed by atoms with Crippen LogP contribution in [0.3, 0.4) is 0 Å². The first-order valence-electron chi connectivity index (χ1n) is 7.93. The fraction of sp³-hybridized carbons (Fsp3) is 0.933. The maximum Gasteiger partial charge on any atom is 0.230 e. The molecular formula is C15H30ClN3O2. The SMILES string of the molecule is CCCN1CCC(NC(=O)C2(COC)CCNC2)CC1.Cl. The van der Waals surface area contributed by atoms with Crippen molar-refractivity contribution < 1.29 is 9.53 Å². The van der Waals surface area contributed by atoms with Crippen LogP contribution in [0.1, 0.15) is 32.6 Å². The van der Waals surface area contributed by atoms with Crippen LogP contribution in [0.5, 0.6) is 0 Å². The third kappa shape index (κ3) is 4.81. The molecule has 0 spiro atoms. The lowest BCUT2D eigenvalue weighted by Gasteiger charge is -2.34. The highest BCUT2D eigenvalue weighted by molar-refractivity contribution is 5.85. The summed E-state index contributed by atoms with van der Waals surface area (Å²) in [4.78, 5) is 15.1. The number of nitrogens with one attached hydrogen (secondary N) is 2. The summed E-state index contributed by atoms with van der Waals surface area (Å²) in [6.07, 6.45) is 4.23. The van der Waals surface area contributed by atoms with Gasteiger partial charge in [-0.2, -0.15) is 0 Å². The summed E-state index contributed by atoms with van der Waals surface area (Å²) in [6.45, 7) is 7.77. The molecule has 0 bridgehead atoms. The molecule has 0 aromatic carbocycles. The zero-order valence-corrected chi connectivity index (χ0v) is 14.1. The summed E-state index contributed by atoms with van der Waals surface area (Å²) in [7, 11) is 1.68. The van der Waals surface area contributed by atoms with E-state index in [0.717, 1.165) is 45.4 Å². The van der Waals surface area contributed by atoms with E-state index in [1.165, 1.54) is 13.0 Å². The standard InChI is InChI=1S/C15H29N3O2.ClH/c1-3-8-18-9-4-13(5-10-18)17-14(19)15(12-20-2)6-7-16-11-15;/h13,16H,3-12H2,1-2H3,(H,17,19);1H. The third-order valence-corrected chi connectivity index (χ3v) is 4.61. The van der Waals surface area contributed by atoms with Gasteiger partial charge < -0.3 is 20.3 Å². The highest BCUT2D eigenvalue weighted by Gasteiger charge is 2.42. The van der Waals surface area contributed by atoms with Crippen LogP contribution in [0.2, 0.25) is 0 Å². The fourth-order valence-corrected chi connectivity index (χ4v) is 3.36. The second-order valence-corrected chi connectivity index (χ2v) is 6.23. The van der Waals surface area contributed by atoms with Crippen molar-refractivity contribution in [3.63, 3.8) is 0 Å². The first-order chi connectivity index (χ1) is 9.70. The Morgan fingerprint density at radius 3 is 2.67 bits per heavy atom. The molecule has 2 aliphatic rings. The van der Waals surface area contributed by atoms with Gasteiger partial charge in [0.15, 0.2) is 0 Å². The average Bonchev–Trinajstić information content (AvgIpc) is 2.92. The van der Waals surface area contributed by atoms with E-state index in [4.69, 9.17) is 4.74 Å². The lowest BCUT2D eigenvalue weighted by Crippen LogP contribution is -2.52. The molecule has 2 aliphatic heterocycles. The summed E-state index contributed by atoms with van der Waals surface area (Å²) in [5, 5.41) is 6.55. The Morgan fingerprint density at radius 2 is 2.14 bits per heavy atom. The minimum Gasteiger partial charge on any atom is -0.384 e. The zero-order valence-electron chi connectivity index (χ0n) is 13.3. The molecule has 2 fully saturated rings. The largest absolute Gasteiger partial charge is 0.384 e. The molecule has 1 unspecified atom stereocenters. The van der Waals surface area contributed by atoms with E-state index in [1.807, 2.05) is 0 Å². The molecule has 124 valence electrons. The van der Waals surface area contributed by atoms with Crippen LogP contribution < -0.4 is 10.6 Å². The number of ether oxygens (including phenoxy) is 1. The topological polar surface area (TPSA) is 53.6 Å². The van der Waals surface area contributed by atoms with Crippen LogP contribution in [0.4, 0.5) is 0 Å². The lowest BCUT2D eigenvalue weighted by molar-refractivity contribution is -0.134. The first kappa shape index (κ1) is 18.7. The number of methoxy groups -OCH3 is 1. The molecule has 5 nitrogen and oxygen atoms in total. The molecule has 21 heavy (non-hydrogen) atoms. The van der Waals surface area contributed by atoms with Crippen molar-refractivity contribution in [1.82, 2.24) is 15.5 Å². The van der Waals surface area contributed by atoms with Crippen molar-refractivity contribution in [2.45, 2.75) is 38.6 Å². The Kier molecular flexibility index (Phi) is 7.95. The molecule has 0 aromatic heterocycles. The Balaban J connectivity index is 0.00000220. The summed E-state index contributed by atoms with van der Waals surface area (Å²) in [5.74, 6) is 0.179. The van der Waals surface area contributed by atoms with Crippen LogP contribution >= 0.6 is 12.4 Å². The van der Waals surface area contributed by atoms with Gasteiger partial charge in [-0.25, -0.2) is 0 Å². The monoisotopic (exact) mass is 319 g/mol. The van der Waals surface area contributed by atoms with E-state index < -0.39 is 0 Å². The maximum atomic E-state index is 12.6. The van der Waals surface area contributed by atoms with Gasteiger partial charge >= 0.3 is 0 Å². The number of amides is 1. The molecule has 6 heteroatoms. The number of carbonyl (C=O) groups is 1. The van der Waals surface area contributed by atoms with Crippen molar-refractivity contribution in [1.29, 1.82) is 0 Å². The van der Waals surface area contributed by atoms with Gasteiger partial charge in [0.25, 0.3) is 0 Å². The molecule has 2 N–H and O–H groups in total. The smallest absolute Gasteiger partial charge is 0.230 e. The number of piperidine rings is 1. The predicted octanol–water partition coefficient (Wildman–Crippen LogP) is 1.02. The van der Waals surface area contributed by atoms with Crippen molar-refractivity contribution in [2.75, 3.05) is 46.4 Å². The molecule has 1 amide bonds. The second-order valence-electron chi connectivity index (χ2n) is 6.23. The van der Waals surface area contributed by atoms with Crippen LogP contribution in [0, 0.1) is 5.41 Å². The van der Waals surface area contributed by atoms with Gasteiger partial charge in [-0.3, -0.25) is 4.79 Å². The molecular weight excluding hydrogens is 290 g/mol. The number of hydrogen-bond acceptors (Lipinski definition) is 4. The number of carbonyl (C=O) groups excluding carboxylic acids is 1. The van der Waals surface area contributed by atoms with Crippen LogP contribution in [-0.2, 0) is 9.53 Å². The van der Waals surface area contributed by atoms with Gasteiger partial charge in [0.2, 0.25) is 5.91 Å². The average molecular weight is 320 g/mol. The molecule has 0 aliphatic carbocycles. The maximum absolute atomic E-state index is 12.6. The minimum atomic E-state index is -0.352. The predicted molar refractivity (Wildman–Crippen MR) is 86.9 cm³/mol. The second kappa shape index (κ2) is 8.93. The molecule has 0 radical (unpaired) electrons. The number of halogens is 1. The van der Waals surface area contributed by atoms with Crippen molar-refractivity contribution in [2.24, 2.45) is 5.41 Å². The first-order valence-corrected chi connectivity index (χ1v) is 7.93.